The molecule has 0 saturated heterocycles. The van der Waals surface area contributed by atoms with Crippen LogP contribution in [0.3, 0.4) is 0 Å². The monoisotopic (exact) mass is 288 g/mol. The van der Waals surface area contributed by atoms with Gasteiger partial charge in [-0.1, -0.05) is 11.6 Å². The summed E-state index contributed by atoms with van der Waals surface area (Å²) in [6.07, 6.45) is 0. The van der Waals surface area contributed by atoms with Gasteiger partial charge in [-0.05, 0) is 43.2 Å². The number of aromatic nitrogens is 1. The number of H-pyrrole nitrogens is 1. The van der Waals surface area contributed by atoms with Crippen LogP contribution in [0.5, 0.6) is 5.75 Å². The van der Waals surface area contributed by atoms with Gasteiger partial charge in [0.2, 0.25) is 0 Å². The first-order valence-corrected chi connectivity index (χ1v) is 6.34. The number of methoxy groups -OCH3 is 1. The highest BCUT2D eigenvalue weighted by Gasteiger charge is 2.13. The minimum Gasteiger partial charge on any atom is -0.496 e. The molecule has 4 nitrogen and oxygen atoms in total. The first kappa shape index (κ1) is 14.2. The fourth-order valence-corrected chi connectivity index (χ4v) is 2.17. The number of aromatic amines is 1. The summed E-state index contributed by atoms with van der Waals surface area (Å²) in [6, 6.07) is 7.18. The minimum atomic E-state index is -0.416. The predicted octanol–water partition coefficient (Wildman–Crippen LogP) is 3.19. The second-order valence-corrected chi connectivity index (χ2v) is 4.89. The van der Waals surface area contributed by atoms with Gasteiger partial charge in [0, 0.05) is 10.6 Å². The molecule has 0 aliphatic rings. The zero-order valence-corrected chi connectivity index (χ0v) is 12.1. The van der Waals surface area contributed by atoms with Crippen molar-refractivity contribution in [1.82, 2.24) is 4.98 Å². The molecule has 1 heterocycles. The molecule has 0 amide bonds. The highest BCUT2D eigenvalue weighted by molar-refractivity contribution is 6.31. The Kier molecular flexibility index (Phi) is 3.82. The molecule has 0 saturated carbocycles. The minimum absolute atomic E-state index is 0.117. The van der Waals surface area contributed by atoms with Crippen molar-refractivity contribution in [2.24, 2.45) is 0 Å². The van der Waals surface area contributed by atoms with E-state index in [2.05, 4.69) is 4.98 Å². The van der Waals surface area contributed by atoms with E-state index in [-0.39, 0.29) is 5.56 Å². The maximum Gasteiger partial charge on any atom is 0.266 e. The van der Waals surface area contributed by atoms with Crippen LogP contribution in [-0.2, 0) is 0 Å². The molecule has 5 heteroatoms. The third-order valence-corrected chi connectivity index (χ3v) is 3.52. The second kappa shape index (κ2) is 5.40. The smallest absolute Gasteiger partial charge is 0.266 e. The van der Waals surface area contributed by atoms with E-state index in [1.54, 1.807) is 26.2 Å². The predicted molar refractivity (Wildman–Crippen MR) is 78.2 cm³/mol. The molecular weight excluding hydrogens is 276 g/mol. The molecule has 1 N–H and O–H groups in total. The lowest BCUT2D eigenvalue weighted by Gasteiger charge is -2.12. The number of hydrogen-bond donors (Lipinski definition) is 1. The van der Waals surface area contributed by atoms with Crippen LogP contribution in [0.4, 0.5) is 0 Å². The van der Waals surface area contributed by atoms with Crippen LogP contribution in [0.1, 0.15) is 16.7 Å². The molecule has 1 aromatic heterocycles. The van der Waals surface area contributed by atoms with Crippen molar-refractivity contribution in [3.8, 4) is 23.1 Å². The van der Waals surface area contributed by atoms with Crippen molar-refractivity contribution in [3.63, 3.8) is 0 Å². The third-order valence-electron chi connectivity index (χ3n) is 3.11. The Bertz CT molecular complexity index is 773. The fourth-order valence-electron chi connectivity index (χ4n) is 2.01. The molecule has 20 heavy (non-hydrogen) atoms. The van der Waals surface area contributed by atoms with E-state index >= 15 is 0 Å². The first-order chi connectivity index (χ1) is 9.47. The summed E-state index contributed by atoms with van der Waals surface area (Å²) >= 11 is 6.13. The largest absolute Gasteiger partial charge is 0.496 e. The normalized spacial score (nSPS) is 10.2. The molecule has 102 valence electrons. The van der Waals surface area contributed by atoms with Crippen LogP contribution in [0.15, 0.2) is 23.0 Å². The molecule has 0 spiro atoms. The Hall–Kier alpha value is -2.25. The Morgan fingerprint density at radius 3 is 2.50 bits per heavy atom. The number of nitriles is 1. The van der Waals surface area contributed by atoms with Crippen LogP contribution >= 0.6 is 11.6 Å². The average Bonchev–Trinajstić information content (AvgIpc) is 2.41. The molecule has 2 rings (SSSR count). The van der Waals surface area contributed by atoms with Crippen molar-refractivity contribution in [1.29, 1.82) is 5.26 Å². The quantitative estimate of drug-likeness (QED) is 0.923. The van der Waals surface area contributed by atoms with Gasteiger partial charge < -0.3 is 9.72 Å². The Labute approximate surface area is 121 Å². The number of aryl methyl sites for hydroxylation is 2. The molecular formula is C15H13ClN2O2. The molecule has 0 bridgehead atoms. The van der Waals surface area contributed by atoms with Gasteiger partial charge in [0.15, 0.2) is 0 Å². The molecule has 0 radical (unpaired) electrons. The van der Waals surface area contributed by atoms with Crippen molar-refractivity contribution >= 4 is 11.6 Å². The number of ether oxygens (including phenoxy) is 1. The van der Waals surface area contributed by atoms with Crippen molar-refractivity contribution < 1.29 is 4.74 Å². The lowest BCUT2D eigenvalue weighted by Crippen LogP contribution is -2.13. The highest BCUT2D eigenvalue weighted by Crippen LogP contribution is 2.33. The zero-order chi connectivity index (χ0) is 14.9. The summed E-state index contributed by atoms with van der Waals surface area (Å²) in [5.41, 5.74) is 2.47. The molecule has 1 aromatic carbocycles. The van der Waals surface area contributed by atoms with Gasteiger partial charge in [-0.3, -0.25) is 4.79 Å². The van der Waals surface area contributed by atoms with Gasteiger partial charge in [-0.2, -0.15) is 5.26 Å². The lowest BCUT2D eigenvalue weighted by molar-refractivity contribution is 0.416. The number of nitrogens with one attached hydrogen (secondary N) is 1. The standard InChI is InChI=1S/C15H13ClN2O2/c1-8-4-13(18-15(19)11(8)7-17)10-6-12(16)9(2)5-14(10)20-3/h4-6H,1-3H3,(H,18,19). The van der Waals surface area contributed by atoms with Crippen LogP contribution in [-0.4, -0.2) is 12.1 Å². The highest BCUT2D eigenvalue weighted by atomic mass is 35.5. The van der Waals surface area contributed by atoms with Gasteiger partial charge in [-0.15, -0.1) is 0 Å². The Morgan fingerprint density at radius 2 is 1.95 bits per heavy atom. The number of benzene rings is 1. The summed E-state index contributed by atoms with van der Waals surface area (Å²) in [6.45, 7) is 3.60. The van der Waals surface area contributed by atoms with E-state index in [4.69, 9.17) is 21.6 Å². The summed E-state index contributed by atoms with van der Waals surface area (Å²) in [7, 11) is 1.56. The molecule has 0 fully saturated rings. The van der Waals surface area contributed by atoms with Crippen molar-refractivity contribution in [2.45, 2.75) is 13.8 Å². The Balaban J connectivity index is 2.73. The van der Waals surface area contributed by atoms with Crippen molar-refractivity contribution in [3.05, 3.63) is 50.3 Å². The number of halogens is 1. The van der Waals surface area contributed by atoms with E-state index < -0.39 is 5.56 Å². The van der Waals surface area contributed by atoms with E-state index in [1.807, 2.05) is 19.1 Å². The third kappa shape index (κ3) is 2.40. The number of hydrogen-bond acceptors (Lipinski definition) is 3. The summed E-state index contributed by atoms with van der Waals surface area (Å²) < 4.78 is 5.33. The van der Waals surface area contributed by atoms with Crippen LogP contribution in [0.2, 0.25) is 5.02 Å². The fraction of sp³-hybridized carbons (Fsp3) is 0.200. The summed E-state index contributed by atoms with van der Waals surface area (Å²) in [5, 5.41) is 9.51. The summed E-state index contributed by atoms with van der Waals surface area (Å²) in [5.74, 6) is 0.617. The van der Waals surface area contributed by atoms with Crippen LogP contribution < -0.4 is 10.3 Å². The SMILES string of the molecule is COc1cc(C)c(Cl)cc1-c1cc(C)c(C#N)c(=O)[nH]1. The molecule has 2 aromatic rings. The first-order valence-electron chi connectivity index (χ1n) is 5.96. The van der Waals surface area contributed by atoms with Crippen LogP contribution in [0, 0.1) is 25.2 Å². The zero-order valence-electron chi connectivity index (χ0n) is 11.4. The maximum atomic E-state index is 11.9. The van der Waals surface area contributed by atoms with E-state index in [0.717, 1.165) is 5.56 Å². The topological polar surface area (TPSA) is 65.9 Å². The summed E-state index contributed by atoms with van der Waals surface area (Å²) in [4.78, 5) is 14.6. The van der Waals surface area contributed by atoms with E-state index in [1.165, 1.54) is 0 Å². The van der Waals surface area contributed by atoms with E-state index in [0.29, 0.717) is 27.6 Å². The number of pyridine rings is 1. The average molecular weight is 289 g/mol. The van der Waals surface area contributed by atoms with Gasteiger partial charge in [0.25, 0.3) is 5.56 Å². The Morgan fingerprint density at radius 1 is 1.25 bits per heavy atom. The number of nitrogens with zero attached hydrogens (tertiary/aromatic N) is 1. The lowest BCUT2D eigenvalue weighted by atomic mass is 10.0. The van der Waals surface area contributed by atoms with Gasteiger partial charge in [-0.25, -0.2) is 0 Å². The molecule has 0 atom stereocenters. The van der Waals surface area contributed by atoms with E-state index in [9.17, 15) is 4.79 Å². The van der Waals surface area contributed by atoms with Gasteiger partial charge >= 0.3 is 0 Å². The van der Waals surface area contributed by atoms with Crippen LogP contribution in [0.25, 0.3) is 11.3 Å². The second-order valence-electron chi connectivity index (χ2n) is 4.48. The maximum absolute atomic E-state index is 11.9. The van der Waals surface area contributed by atoms with Gasteiger partial charge in [0.1, 0.15) is 17.4 Å². The molecule has 0 aliphatic heterocycles. The number of rotatable bonds is 2. The molecule has 0 aliphatic carbocycles. The van der Waals surface area contributed by atoms with Crippen molar-refractivity contribution in [2.75, 3.05) is 7.11 Å². The molecule has 0 unspecified atom stereocenters. The van der Waals surface area contributed by atoms with Gasteiger partial charge in [0.05, 0.1) is 12.8 Å².